The van der Waals surface area contributed by atoms with Gasteiger partial charge < -0.3 is 10.6 Å². The predicted octanol–water partition coefficient (Wildman–Crippen LogP) is 4.62. The maximum atomic E-state index is 12.7. The summed E-state index contributed by atoms with van der Waals surface area (Å²) in [5.74, 6) is 0.733. The molecule has 0 aliphatic carbocycles. The Labute approximate surface area is 170 Å². The van der Waals surface area contributed by atoms with Gasteiger partial charge in [-0.2, -0.15) is 0 Å². The topological polar surface area (TPSA) is 84.0 Å². The van der Waals surface area contributed by atoms with E-state index in [1.807, 2.05) is 44.2 Å². The van der Waals surface area contributed by atoms with Crippen molar-refractivity contribution in [3.8, 4) is 11.4 Å². The molecule has 0 saturated heterocycles. The minimum Gasteiger partial charge on any atom is -0.348 e. The third-order valence-corrected chi connectivity index (χ3v) is 4.54. The first-order chi connectivity index (χ1) is 14.0. The molecule has 3 rings (SSSR count). The van der Waals surface area contributed by atoms with Crippen LogP contribution in [0.1, 0.15) is 48.0 Å². The lowest BCUT2D eigenvalue weighted by molar-refractivity contribution is 0.0933. The third kappa shape index (κ3) is 5.25. The molecule has 0 bridgehead atoms. The SMILES string of the molecule is CCC(C)NC(=O)c1cc(Nc2ccc(C(C)=O)cc2)nc(-c2ccccc2)n1. The Morgan fingerprint density at radius 3 is 2.31 bits per heavy atom. The van der Waals surface area contributed by atoms with Gasteiger partial charge in [0.1, 0.15) is 11.5 Å². The fraction of sp³-hybridized carbons (Fsp3) is 0.217. The van der Waals surface area contributed by atoms with Gasteiger partial charge >= 0.3 is 0 Å². The van der Waals surface area contributed by atoms with Crippen LogP contribution in [-0.4, -0.2) is 27.7 Å². The zero-order valence-corrected chi connectivity index (χ0v) is 16.8. The van der Waals surface area contributed by atoms with Crippen LogP contribution in [0.5, 0.6) is 0 Å². The summed E-state index contributed by atoms with van der Waals surface area (Å²) in [5, 5.41) is 6.14. The van der Waals surface area contributed by atoms with Crippen LogP contribution < -0.4 is 10.6 Å². The van der Waals surface area contributed by atoms with Gasteiger partial charge in [-0.15, -0.1) is 0 Å². The normalized spacial score (nSPS) is 11.6. The van der Waals surface area contributed by atoms with Crippen LogP contribution in [0.4, 0.5) is 11.5 Å². The Morgan fingerprint density at radius 1 is 1.00 bits per heavy atom. The Balaban J connectivity index is 1.95. The molecule has 1 amide bonds. The monoisotopic (exact) mass is 388 g/mol. The van der Waals surface area contributed by atoms with Crippen LogP contribution in [0.3, 0.4) is 0 Å². The molecule has 1 atom stereocenters. The van der Waals surface area contributed by atoms with Crippen molar-refractivity contribution in [3.63, 3.8) is 0 Å². The highest BCUT2D eigenvalue weighted by Gasteiger charge is 2.15. The van der Waals surface area contributed by atoms with Gasteiger partial charge in [0.25, 0.3) is 5.91 Å². The number of rotatable bonds is 7. The number of Topliss-reactive ketones (excluding diaryl/α,β-unsaturated/α-hetero) is 1. The van der Waals surface area contributed by atoms with Gasteiger partial charge in [-0.05, 0) is 44.5 Å². The molecule has 29 heavy (non-hydrogen) atoms. The fourth-order valence-corrected chi connectivity index (χ4v) is 2.68. The first-order valence-electron chi connectivity index (χ1n) is 9.59. The number of ketones is 1. The van der Waals surface area contributed by atoms with E-state index in [1.165, 1.54) is 6.92 Å². The van der Waals surface area contributed by atoms with Crippen molar-refractivity contribution in [1.82, 2.24) is 15.3 Å². The van der Waals surface area contributed by atoms with Crippen molar-refractivity contribution in [2.75, 3.05) is 5.32 Å². The zero-order chi connectivity index (χ0) is 20.8. The molecule has 0 saturated carbocycles. The van der Waals surface area contributed by atoms with Crippen LogP contribution in [0, 0.1) is 0 Å². The number of hydrogen-bond donors (Lipinski definition) is 2. The smallest absolute Gasteiger partial charge is 0.270 e. The van der Waals surface area contributed by atoms with Crippen LogP contribution in [0.25, 0.3) is 11.4 Å². The number of nitrogens with one attached hydrogen (secondary N) is 2. The molecule has 148 valence electrons. The first kappa shape index (κ1) is 20.2. The van der Waals surface area contributed by atoms with Gasteiger partial charge in [0.05, 0.1) is 0 Å². The minimum atomic E-state index is -0.242. The van der Waals surface area contributed by atoms with E-state index in [0.717, 1.165) is 17.7 Å². The summed E-state index contributed by atoms with van der Waals surface area (Å²) in [4.78, 5) is 33.1. The van der Waals surface area contributed by atoms with E-state index in [-0.39, 0.29) is 17.7 Å². The fourth-order valence-electron chi connectivity index (χ4n) is 2.68. The third-order valence-electron chi connectivity index (χ3n) is 4.54. The average molecular weight is 388 g/mol. The molecule has 0 aliphatic heterocycles. The molecule has 1 heterocycles. The quantitative estimate of drug-likeness (QED) is 0.577. The molecule has 2 N–H and O–H groups in total. The first-order valence-corrected chi connectivity index (χ1v) is 9.59. The van der Waals surface area contributed by atoms with Gasteiger partial charge in [0, 0.05) is 28.9 Å². The molecular weight excluding hydrogens is 364 g/mol. The van der Waals surface area contributed by atoms with Gasteiger partial charge in [-0.3, -0.25) is 9.59 Å². The van der Waals surface area contributed by atoms with Crippen molar-refractivity contribution in [3.05, 3.63) is 71.9 Å². The summed E-state index contributed by atoms with van der Waals surface area (Å²) in [6.07, 6.45) is 0.829. The van der Waals surface area contributed by atoms with Gasteiger partial charge in [0.2, 0.25) is 0 Å². The number of nitrogens with zero attached hydrogens (tertiary/aromatic N) is 2. The van der Waals surface area contributed by atoms with Crippen molar-refractivity contribution in [1.29, 1.82) is 0 Å². The summed E-state index contributed by atoms with van der Waals surface area (Å²) in [5.41, 5.74) is 2.51. The summed E-state index contributed by atoms with van der Waals surface area (Å²) in [6, 6.07) is 18.3. The van der Waals surface area contributed by atoms with Crippen LogP contribution in [0.2, 0.25) is 0 Å². The molecule has 1 aromatic heterocycles. The Kier molecular flexibility index (Phi) is 6.34. The maximum absolute atomic E-state index is 12.7. The second kappa shape index (κ2) is 9.10. The lowest BCUT2D eigenvalue weighted by Gasteiger charge is -2.13. The van der Waals surface area contributed by atoms with E-state index < -0.39 is 0 Å². The average Bonchev–Trinajstić information content (AvgIpc) is 2.74. The highest BCUT2D eigenvalue weighted by Crippen LogP contribution is 2.21. The van der Waals surface area contributed by atoms with E-state index >= 15 is 0 Å². The van der Waals surface area contributed by atoms with Crippen LogP contribution >= 0.6 is 0 Å². The lowest BCUT2D eigenvalue weighted by Crippen LogP contribution is -2.32. The second-order valence-electron chi connectivity index (χ2n) is 6.87. The summed E-state index contributed by atoms with van der Waals surface area (Å²) < 4.78 is 0. The number of benzene rings is 2. The predicted molar refractivity (Wildman–Crippen MR) is 114 cm³/mol. The van der Waals surface area contributed by atoms with Crippen molar-refractivity contribution in [2.24, 2.45) is 0 Å². The van der Waals surface area contributed by atoms with E-state index in [2.05, 4.69) is 20.6 Å². The highest BCUT2D eigenvalue weighted by molar-refractivity contribution is 5.95. The van der Waals surface area contributed by atoms with E-state index in [9.17, 15) is 9.59 Å². The zero-order valence-electron chi connectivity index (χ0n) is 16.8. The van der Waals surface area contributed by atoms with Crippen LogP contribution in [-0.2, 0) is 0 Å². The lowest BCUT2D eigenvalue weighted by atomic mass is 10.1. The van der Waals surface area contributed by atoms with Gasteiger partial charge in [0.15, 0.2) is 11.6 Å². The largest absolute Gasteiger partial charge is 0.348 e. The molecule has 3 aromatic rings. The maximum Gasteiger partial charge on any atom is 0.270 e. The molecule has 0 fully saturated rings. The summed E-state index contributed by atoms with van der Waals surface area (Å²) in [6.45, 7) is 5.49. The van der Waals surface area contributed by atoms with E-state index in [1.54, 1.807) is 30.3 Å². The number of amides is 1. The molecule has 0 radical (unpaired) electrons. The number of anilines is 2. The molecular formula is C23H24N4O2. The Morgan fingerprint density at radius 2 is 1.69 bits per heavy atom. The summed E-state index contributed by atoms with van der Waals surface area (Å²) >= 11 is 0. The second-order valence-corrected chi connectivity index (χ2v) is 6.87. The van der Waals surface area contributed by atoms with Crippen LogP contribution in [0.15, 0.2) is 60.7 Å². The van der Waals surface area contributed by atoms with Gasteiger partial charge in [-0.1, -0.05) is 37.3 Å². The molecule has 0 spiro atoms. The standard InChI is InChI=1S/C23H24N4O2/c1-4-15(2)24-23(29)20-14-21(25-19-12-10-17(11-13-19)16(3)28)27-22(26-20)18-8-6-5-7-9-18/h5-15H,4H2,1-3H3,(H,24,29)(H,25,26,27). The molecule has 0 aliphatic rings. The van der Waals surface area contributed by atoms with E-state index in [4.69, 9.17) is 0 Å². The number of hydrogen-bond acceptors (Lipinski definition) is 5. The van der Waals surface area contributed by atoms with Crippen molar-refractivity contribution < 1.29 is 9.59 Å². The molecule has 6 heteroatoms. The molecule has 2 aromatic carbocycles. The minimum absolute atomic E-state index is 0.00829. The van der Waals surface area contributed by atoms with Crippen molar-refractivity contribution in [2.45, 2.75) is 33.2 Å². The number of carbonyl (C=O) groups excluding carboxylic acids is 2. The van der Waals surface area contributed by atoms with Gasteiger partial charge in [-0.25, -0.2) is 9.97 Å². The highest BCUT2D eigenvalue weighted by atomic mass is 16.2. The Hall–Kier alpha value is -3.54. The number of aromatic nitrogens is 2. The Bertz CT molecular complexity index is 1000. The van der Waals surface area contributed by atoms with Crippen molar-refractivity contribution >= 4 is 23.2 Å². The molecule has 6 nitrogen and oxygen atoms in total. The number of carbonyl (C=O) groups is 2. The van der Waals surface area contributed by atoms with E-state index in [0.29, 0.717) is 22.9 Å². The summed E-state index contributed by atoms with van der Waals surface area (Å²) in [7, 11) is 0. The molecule has 1 unspecified atom stereocenters.